The van der Waals surface area contributed by atoms with Crippen molar-refractivity contribution in [2.75, 3.05) is 6.61 Å². The quantitative estimate of drug-likeness (QED) is 0.206. The first-order valence-electron chi connectivity index (χ1n) is 10.6. The van der Waals surface area contributed by atoms with E-state index in [1.165, 1.54) is 0 Å². The molecule has 33 heavy (non-hydrogen) atoms. The van der Waals surface area contributed by atoms with Crippen molar-refractivity contribution in [3.05, 3.63) is 144 Å². The molecule has 0 aromatic heterocycles. The number of hydrogen-bond acceptors (Lipinski definition) is 3. The highest BCUT2D eigenvalue weighted by atomic mass is 16.6. The summed E-state index contributed by atoms with van der Waals surface area (Å²) < 4.78 is 0. The van der Waals surface area contributed by atoms with E-state index < -0.39 is 12.6 Å². The highest BCUT2D eigenvalue weighted by Gasteiger charge is 2.21. The van der Waals surface area contributed by atoms with Crippen LogP contribution in [0.25, 0.3) is 11.1 Å². The predicted octanol–water partition coefficient (Wildman–Crippen LogP) is 6.15. The number of rotatable bonds is 8. The average Bonchev–Trinajstić information content (AvgIpc) is 2.87. The Bertz CT molecular complexity index is 1210. The second-order valence-corrected chi connectivity index (χ2v) is 7.32. The van der Waals surface area contributed by atoms with E-state index in [4.69, 9.17) is 9.94 Å². The molecule has 162 valence electrons. The fourth-order valence-electron chi connectivity index (χ4n) is 3.66. The third-order valence-electron chi connectivity index (χ3n) is 5.07. The Balaban J connectivity index is 2.07. The molecule has 0 saturated carbocycles. The summed E-state index contributed by atoms with van der Waals surface area (Å²) in [5.41, 5.74) is 6.20. The molecule has 0 bridgehead atoms. The number of benzene rings is 4. The van der Waals surface area contributed by atoms with Crippen LogP contribution < -0.4 is 0 Å². The highest BCUT2D eigenvalue weighted by Crippen LogP contribution is 2.35. The molecule has 0 spiro atoms. The number of allylic oxidation sites excluding steroid dienone is 1. The van der Waals surface area contributed by atoms with Gasteiger partial charge in [0.15, 0.2) is 0 Å². The summed E-state index contributed by atoms with van der Waals surface area (Å²) in [6.45, 7) is -0.523. The standard InChI is InChI=1S/C29H23NO3/c31-26(32)21-33-30-29(25-19-11-4-12-20-25)28(24-17-9-3-10-18-24)27(22-13-5-1-6-14-22)23-15-7-2-8-16-23/h1-20H,21H2,(H,31,32). The fraction of sp³-hybridized carbons (Fsp3) is 0.0345. The molecule has 4 heteroatoms. The maximum absolute atomic E-state index is 11.1. The van der Waals surface area contributed by atoms with E-state index in [9.17, 15) is 4.79 Å². The number of carboxylic acid groups (broad SMARTS) is 1. The fourth-order valence-corrected chi connectivity index (χ4v) is 3.66. The van der Waals surface area contributed by atoms with E-state index in [2.05, 4.69) is 29.4 Å². The number of carboxylic acids is 1. The lowest BCUT2D eigenvalue weighted by molar-refractivity contribution is -0.142. The molecule has 0 unspecified atom stereocenters. The van der Waals surface area contributed by atoms with Crippen LogP contribution in [0.4, 0.5) is 0 Å². The van der Waals surface area contributed by atoms with Gasteiger partial charge in [-0.05, 0) is 22.3 Å². The first-order valence-corrected chi connectivity index (χ1v) is 10.6. The van der Waals surface area contributed by atoms with Crippen molar-refractivity contribution in [2.24, 2.45) is 5.16 Å². The molecule has 0 aliphatic heterocycles. The summed E-state index contributed by atoms with van der Waals surface area (Å²) >= 11 is 0. The van der Waals surface area contributed by atoms with Gasteiger partial charge in [0.1, 0.15) is 5.71 Å². The maximum atomic E-state index is 11.1. The summed E-state index contributed by atoms with van der Waals surface area (Å²) in [6.07, 6.45) is 0. The molecule has 4 aromatic carbocycles. The van der Waals surface area contributed by atoms with Gasteiger partial charge in [0.2, 0.25) is 6.61 Å². The minimum atomic E-state index is -1.08. The van der Waals surface area contributed by atoms with Crippen LogP contribution in [0, 0.1) is 0 Å². The molecule has 4 rings (SSSR count). The second kappa shape index (κ2) is 10.7. The van der Waals surface area contributed by atoms with Crippen molar-refractivity contribution >= 4 is 22.8 Å². The highest BCUT2D eigenvalue weighted by molar-refractivity contribution is 6.38. The Labute approximate surface area is 193 Å². The maximum Gasteiger partial charge on any atom is 0.344 e. The third kappa shape index (κ3) is 5.43. The molecule has 4 aromatic rings. The zero-order chi connectivity index (χ0) is 22.9. The van der Waals surface area contributed by atoms with Crippen LogP contribution >= 0.6 is 0 Å². The summed E-state index contributed by atoms with van der Waals surface area (Å²) in [5.74, 6) is -1.08. The van der Waals surface area contributed by atoms with Crippen molar-refractivity contribution in [3.63, 3.8) is 0 Å². The second-order valence-electron chi connectivity index (χ2n) is 7.32. The predicted molar refractivity (Wildman–Crippen MR) is 132 cm³/mol. The molecule has 0 saturated heterocycles. The van der Waals surface area contributed by atoms with Crippen LogP contribution in [0.2, 0.25) is 0 Å². The molecule has 0 fully saturated rings. The van der Waals surface area contributed by atoms with E-state index in [0.717, 1.165) is 33.4 Å². The van der Waals surface area contributed by atoms with Crippen LogP contribution in [-0.4, -0.2) is 23.4 Å². The molecule has 0 aliphatic carbocycles. The van der Waals surface area contributed by atoms with Crippen LogP contribution in [0.3, 0.4) is 0 Å². The van der Waals surface area contributed by atoms with Crippen LogP contribution in [0.5, 0.6) is 0 Å². The normalized spacial score (nSPS) is 11.0. The Hall–Kier alpha value is -4.44. The molecule has 4 nitrogen and oxygen atoms in total. The topological polar surface area (TPSA) is 58.9 Å². The largest absolute Gasteiger partial charge is 0.479 e. The van der Waals surface area contributed by atoms with Gasteiger partial charge < -0.3 is 9.94 Å². The molecular formula is C29H23NO3. The Morgan fingerprint density at radius 3 is 1.42 bits per heavy atom. The lowest BCUT2D eigenvalue weighted by Gasteiger charge is -2.19. The van der Waals surface area contributed by atoms with Crippen LogP contribution in [0.15, 0.2) is 126 Å². The van der Waals surface area contributed by atoms with Crippen molar-refractivity contribution in [1.82, 2.24) is 0 Å². The van der Waals surface area contributed by atoms with Crippen molar-refractivity contribution in [3.8, 4) is 0 Å². The molecule has 1 N–H and O–H groups in total. The molecule has 0 radical (unpaired) electrons. The zero-order valence-electron chi connectivity index (χ0n) is 18.0. The van der Waals surface area contributed by atoms with Crippen molar-refractivity contribution in [2.45, 2.75) is 0 Å². The number of aliphatic carboxylic acids is 1. The van der Waals surface area contributed by atoms with Gasteiger partial charge in [0.05, 0.1) is 0 Å². The van der Waals surface area contributed by atoms with Crippen molar-refractivity contribution in [1.29, 1.82) is 0 Å². The average molecular weight is 434 g/mol. The van der Waals surface area contributed by atoms with Crippen LogP contribution in [-0.2, 0) is 9.63 Å². The van der Waals surface area contributed by atoms with E-state index >= 15 is 0 Å². The van der Waals surface area contributed by atoms with Gasteiger partial charge in [-0.3, -0.25) is 0 Å². The van der Waals surface area contributed by atoms with E-state index in [1.807, 2.05) is 97.1 Å². The Kier molecular flexibility index (Phi) is 7.08. The number of hydrogen-bond donors (Lipinski definition) is 1. The third-order valence-corrected chi connectivity index (χ3v) is 5.07. The molecule has 0 amide bonds. The van der Waals surface area contributed by atoms with Gasteiger partial charge in [-0.1, -0.05) is 126 Å². The van der Waals surface area contributed by atoms with Gasteiger partial charge in [0, 0.05) is 11.1 Å². The van der Waals surface area contributed by atoms with Gasteiger partial charge in [-0.2, -0.15) is 0 Å². The summed E-state index contributed by atoms with van der Waals surface area (Å²) in [4.78, 5) is 16.4. The SMILES string of the molecule is O=C(O)CON=C(C(=C(c1ccccc1)c1ccccc1)c1ccccc1)c1ccccc1. The molecule has 0 aliphatic rings. The van der Waals surface area contributed by atoms with Gasteiger partial charge in [-0.15, -0.1) is 0 Å². The van der Waals surface area contributed by atoms with Gasteiger partial charge in [-0.25, -0.2) is 4.79 Å². The lowest BCUT2D eigenvalue weighted by atomic mass is 9.85. The Morgan fingerprint density at radius 1 is 0.606 bits per heavy atom. The monoisotopic (exact) mass is 433 g/mol. The minimum Gasteiger partial charge on any atom is -0.479 e. The summed E-state index contributed by atoms with van der Waals surface area (Å²) in [6, 6.07) is 39.9. The minimum absolute atomic E-state index is 0.523. The van der Waals surface area contributed by atoms with Crippen molar-refractivity contribution < 1.29 is 14.7 Å². The smallest absolute Gasteiger partial charge is 0.344 e. The molecule has 0 atom stereocenters. The Morgan fingerprint density at radius 2 is 1.00 bits per heavy atom. The van der Waals surface area contributed by atoms with E-state index in [0.29, 0.717) is 5.71 Å². The number of oxime groups is 1. The number of carbonyl (C=O) groups is 1. The zero-order valence-corrected chi connectivity index (χ0v) is 18.0. The molecule has 0 heterocycles. The summed E-state index contributed by atoms with van der Waals surface area (Å²) in [7, 11) is 0. The van der Waals surface area contributed by atoms with Gasteiger partial charge >= 0.3 is 5.97 Å². The van der Waals surface area contributed by atoms with Crippen LogP contribution in [0.1, 0.15) is 22.3 Å². The van der Waals surface area contributed by atoms with E-state index in [-0.39, 0.29) is 0 Å². The lowest BCUT2D eigenvalue weighted by Crippen LogP contribution is -2.11. The number of nitrogens with zero attached hydrogens (tertiary/aromatic N) is 1. The summed E-state index contributed by atoms with van der Waals surface area (Å²) in [5, 5.41) is 13.5. The first-order chi connectivity index (χ1) is 16.2. The van der Waals surface area contributed by atoms with Gasteiger partial charge in [0.25, 0.3) is 0 Å². The first kappa shape index (κ1) is 21.8. The molecular weight excluding hydrogens is 410 g/mol. The van der Waals surface area contributed by atoms with E-state index in [1.54, 1.807) is 0 Å².